The summed E-state index contributed by atoms with van der Waals surface area (Å²) in [5, 5.41) is 4.83. The summed E-state index contributed by atoms with van der Waals surface area (Å²) >= 11 is 0. The van der Waals surface area contributed by atoms with Crippen molar-refractivity contribution >= 4 is 66.3 Å². The van der Waals surface area contributed by atoms with Crippen LogP contribution in [-0.4, -0.2) is 10.6 Å². The Bertz CT molecular complexity index is 3200. The largest absolute Gasteiger partial charge is 0.456 e. The molecule has 59 heavy (non-hydrogen) atoms. The number of nitrogens with zero attached hydrogens (tertiary/aromatic N) is 2. The molecule has 284 valence electrons. The summed E-state index contributed by atoms with van der Waals surface area (Å²) in [7, 11) is 0. The van der Waals surface area contributed by atoms with Gasteiger partial charge < -0.3 is 13.9 Å². The average Bonchev–Trinajstić information content (AvgIpc) is 3.97. The third kappa shape index (κ3) is 5.80. The number of aromatic nitrogens is 1. The summed E-state index contributed by atoms with van der Waals surface area (Å²) < 4.78 is 8.60. The Morgan fingerprint density at radius 2 is 1.24 bits per heavy atom. The molecular formula is C56H44N2O. The first-order valence-electron chi connectivity index (χ1n) is 21.1. The van der Waals surface area contributed by atoms with Crippen LogP contribution in [-0.2, 0) is 0 Å². The molecule has 7 aromatic carbocycles. The lowest BCUT2D eigenvalue weighted by Crippen LogP contribution is -2.28. The fraction of sp³-hybridized carbons (Fsp3) is 0.107. The number of rotatable bonds is 5. The highest BCUT2D eigenvalue weighted by Gasteiger charge is 2.38. The number of furan rings is 1. The Morgan fingerprint density at radius 3 is 2.12 bits per heavy atom. The molecule has 0 saturated heterocycles. The predicted molar refractivity (Wildman–Crippen MR) is 250 cm³/mol. The molecule has 3 aliphatic rings. The molecule has 1 aliphatic heterocycles. The van der Waals surface area contributed by atoms with Crippen LogP contribution < -0.4 is 4.90 Å². The molecule has 0 bridgehead atoms. The molecule has 3 nitrogen and oxygen atoms in total. The molecule has 0 saturated carbocycles. The van der Waals surface area contributed by atoms with Gasteiger partial charge in [-0.25, -0.2) is 0 Å². The molecule has 3 heteroatoms. The minimum atomic E-state index is 0.180. The van der Waals surface area contributed by atoms with Crippen molar-refractivity contribution in [3.05, 3.63) is 211 Å². The minimum Gasteiger partial charge on any atom is -0.456 e. The van der Waals surface area contributed by atoms with E-state index < -0.39 is 0 Å². The van der Waals surface area contributed by atoms with E-state index in [0.29, 0.717) is 0 Å². The van der Waals surface area contributed by atoms with Crippen molar-refractivity contribution in [2.75, 3.05) is 4.90 Å². The number of allylic oxidation sites excluding steroid dienone is 6. The van der Waals surface area contributed by atoms with Gasteiger partial charge in [0.05, 0.1) is 17.1 Å². The van der Waals surface area contributed by atoms with Gasteiger partial charge in [0.25, 0.3) is 0 Å². The Hall–Kier alpha value is -7.10. The maximum atomic E-state index is 6.19. The summed E-state index contributed by atoms with van der Waals surface area (Å²) in [6.45, 7) is 4.00. The maximum absolute atomic E-state index is 6.19. The van der Waals surface area contributed by atoms with Gasteiger partial charge in [-0.15, -0.1) is 0 Å². The summed E-state index contributed by atoms with van der Waals surface area (Å²) in [6, 6.07) is 57.9. The minimum absolute atomic E-state index is 0.180. The summed E-state index contributed by atoms with van der Waals surface area (Å²) in [5.74, 6) is 0.227. The van der Waals surface area contributed by atoms with Gasteiger partial charge in [-0.2, -0.15) is 0 Å². The number of hydrogen-bond donors (Lipinski definition) is 0. The Labute approximate surface area is 345 Å². The second-order valence-corrected chi connectivity index (χ2v) is 15.6. The van der Waals surface area contributed by atoms with Gasteiger partial charge >= 0.3 is 0 Å². The molecule has 12 rings (SSSR count). The molecule has 0 spiro atoms. The van der Waals surface area contributed by atoms with E-state index >= 15 is 0 Å². The normalized spacial score (nSPS) is 16.9. The second-order valence-electron chi connectivity index (χ2n) is 15.6. The lowest BCUT2D eigenvalue weighted by atomic mass is 9.86. The van der Waals surface area contributed by atoms with Gasteiger partial charge in [0.1, 0.15) is 11.2 Å². The number of hydrogen-bond acceptors (Lipinski definition) is 2. The first-order chi connectivity index (χ1) is 29.2. The molecule has 3 heterocycles. The lowest BCUT2D eigenvalue weighted by Gasteiger charge is -2.30. The van der Waals surface area contributed by atoms with Crippen molar-refractivity contribution in [2.24, 2.45) is 0 Å². The number of para-hydroxylation sites is 3. The van der Waals surface area contributed by atoms with E-state index in [2.05, 4.69) is 192 Å². The van der Waals surface area contributed by atoms with Crippen LogP contribution in [0.5, 0.6) is 0 Å². The SMILES string of the molecule is C1=CC(c2cccc(-c3ccc(-n4c5ccccc5c5cc(C6=CC7c8ccccc8N(c8ccc9oc%10ccccc%10c9c8)C7C=C6)ccc54)cc3)c2)=CCC1.CC. The molecule has 0 radical (unpaired) electrons. The van der Waals surface area contributed by atoms with Crippen LogP contribution in [0.2, 0.25) is 0 Å². The zero-order chi connectivity index (χ0) is 39.5. The van der Waals surface area contributed by atoms with Gasteiger partial charge in [0.2, 0.25) is 0 Å². The predicted octanol–water partition coefficient (Wildman–Crippen LogP) is 15.4. The molecule has 2 unspecified atom stereocenters. The molecule has 0 fully saturated rings. The number of anilines is 2. The van der Waals surface area contributed by atoms with E-state index in [1.54, 1.807) is 0 Å². The molecule has 2 atom stereocenters. The Balaban J connectivity index is 0.00000196. The second kappa shape index (κ2) is 14.4. The topological polar surface area (TPSA) is 21.3 Å². The maximum Gasteiger partial charge on any atom is 0.135 e. The average molecular weight is 761 g/mol. The Kier molecular flexibility index (Phi) is 8.55. The van der Waals surface area contributed by atoms with Crippen molar-refractivity contribution in [2.45, 2.75) is 38.6 Å². The van der Waals surface area contributed by atoms with E-state index in [0.717, 1.165) is 40.5 Å². The van der Waals surface area contributed by atoms with Crippen LogP contribution in [0.1, 0.15) is 49.3 Å². The Morgan fingerprint density at radius 1 is 0.508 bits per heavy atom. The van der Waals surface area contributed by atoms with Crippen molar-refractivity contribution in [1.29, 1.82) is 0 Å². The highest BCUT2D eigenvalue weighted by atomic mass is 16.3. The first kappa shape index (κ1) is 35.1. The summed E-state index contributed by atoms with van der Waals surface area (Å²) in [5.41, 5.74) is 16.8. The number of benzene rings is 7. The van der Waals surface area contributed by atoms with Crippen LogP contribution in [0, 0.1) is 0 Å². The van der Waals surface area contributed by atoms with Gasteiger partial charge in [-0.3, -0.25) is 0 Å². The quantitative estimate of drug-likeness (QED) is 0.174. The first-order valence-corrected chi connectivity index (χ1v) is 21.1. The molecule has 9 aromatic rings. The molecule has 2 aromatic heterocycles. The third-order valence-corrected chi connectivity index (χ3v) is 12.3. The van der Waals surface area contributed by atoms with Gasteiger partial charge in [-0.1, -0.05) is 141 Å². The van der Waals surface area contributed by atoms with E-state index in [4.69, 9.17) is 4.42 Å². The third-order valence-electron chi connectivity index (χ3n) is 12.3. The zero-order valence-corrected chi connectivity index (χ0v) is 33.3. The number of fused-ring (bicyclic) bond motifs is 9. The fourth-order valence-corrected chi connectivity index (χ4v) is 9.65. The monoisotopic (exact) mass is 760 g/mol. The van der Waals surface area contributed by atoms with Gasteiger partial charge in [0, 0.05) is 44.5 Å². The molecule has 0 amide bonds. The zero-order valence-electron chi connectivity index (χ0n) is 33.3. The van der Waals surface area contributed by atoms with E-state index in [-0.39, 0.29) is 12.0 Å². The molecule has 0 N–H and O–H groups in total. The van der Waals surface area contributed by atoms with Gasteiger partial charge in [-0.05, 0) is 119 Å². The van der Waals surface area contributed by atoms with Crippen LogP contribution in [0.4, 0.5) is 11.4 Å². The smallest absolute Gasteiger partial charge is 0.135 e. The van der Waals surface area contributed by atoms with Crippen LogP contribution >= 0.6 is 0 Å². The molecular weight excluding hydrogens is 717 g/mol. The summed E-state index contributed by atoms with van der Waals surface area (Å²) in [6.07, 6.45) is 16.3. The van der Waals surface area contributed by atoms with E-state index in [9.17, 15) is 0 Å². The van der Waals surface area contributed by atoms with Crippen molar-refractivity contribution in [3.8, 4) is 16.8 Å². The van der Waals surface area contributed by atoms with Crippen LogP contribution in [0.25, 0.3) is 71.7 Å². The standard InChI is InChI=1S/C54H38N2O.C2H6/c1-2-11-35(12-3-1)37-13-10-14-38(31-37)36-21-25-41(26-22-36)55-49-18-7-4-15-43(49)46-32-39(23-28-51(46)55)40-24-29-52-47(33-40)44-16-5-8-19-50(44)56(52)42-27-30-54-48(34-42)45-17-6-9-20-53(45)57-54;1-2/h2,4-34,47,52H,1,3H2;1-2H3. The van der Waals surface area contributed by atoms with Crippen molar-refractivity contribution in [3.63, 3.8) is 0 Å². The van der Waals surface area contributed by atoms with E-state index in [1.165, 1.54) is 72.1 Å². The summed E-state index contributed by atoms with van der Waals surface area (Å²) in [4.78, 5) is 2.51. The lowest BCUT2D eigenvalue weighted by molar-refractivity contribution is 0.669. The van der Waals surface area contributed by atoms with Crippen LogP contribution in [0.3, 0.4) is 0 Å². The van der Waals surface area contributed by atoms with Gasteiger partial charge in [0.15, 0.2) is 0 Å². The van der Waals surface area contributed by atoms with Crippen LogP contribution in [0.15, 0.2) is 199 Å². The fourth-order valence-electron chi connectivity index (χ4n) is 9.65. The highest BCUT2D eigenvalue weighted by Crippen LogP contribution is 2.50. The van der Waals surface area contributed by atoms with Crippen molar-refractivity contribution < 1.29 is 4.42 Å². The molecule has 2 aliphatic carbocycles. The van der Waals surface area contributed by atoms with E-state index in [1.807, 2.05) is 26.0 Å². The highest BCUT2D eigenvalue weighted by molar-refractivity contribution is 6.10. The van der Waals surface area contributed by atoms with Crippen molar-refractivity contribution in [1.82, 2.24) is 4.57 Å².